The zero-order chi connectivity index (χ0) is 20.4. The highest BCUT2D eigenvalue weighted by Crippen LogP contribution is 2.30. The monoisotopic (exact) mass is 400 g/mol. The number of likely N-dealkylation sites (tertiary alicyclic amines) is 2. The van der Waals surface area contributed by atoms with E-state index in [9.17, 15) is 9.18 Å². The molecule has 1 amide bonds. The van der Waals surface area contributed by atoms with E-state index in [4.69, 9.17) is 4.52 Å². The first-order valence-corrected chi connectivity index (χ1v) is 10.5. The lowest BCUT2D eigenvalue weighted by Gasteiger charge is -2.41. The van der Waals surface area contributed by atoms with Gasteiger partial charge in [0, 0.05) is 25.2 Å². The quantitative estimate of drug-likeness (QED) is 0.782. The molecule has 1 aromatic heterocycles. The van der Waals surface area contributed by atoms with Crippen LogP contribution in [0, 0.1) is 17.2 Å². The van der Waals surface area contributed by atoms with Crippen LogP contribution < -0.4 is 0 Å². The minimum Gasteiger partial charge on any atom is -0.342 e. The maximum Gasteiger partial charge on any atom is 0.241 e. The highest BCUT2D eigenvalue weighted by atomic mass is 19.1. The predicted molar refractivity (Wildman–Crippen MR) is 107 cm³/mol. The molecule has 4 rings (SSSR count). The SMILES string of the molecule is CC1(C)CCCN(C(=O)C2CCCN(Cc3nc(-c4ccc(F)cc4)no3)C2)C1. The first-order chi connectivity index (χ1) is 13.9. The topological polar surface area (TPSA) is 62.5 Å². The van der Waals surface area contributed by atoms with E-state index in [0.29, 0.717) is 24.2 Å². The van der Waals surface area contributed by atoms with Gasteiger partial charge >= 0.3 is 0 Å². The molecule has 7 heteroatoms. The van der Waals surface area contributed by atoms with Crippen molar-refractivity contribution in [1.29, 1.82) is 0 Å². The van der Waals surface area contributed by atoms with Crippen LogP contribution >= 0.6 is 0 Å². The molecule has 156 valence electrons. The minimum atomic E-state index is -0.293. The summed E-state index contributed by atoms with van der Waals surface area (Å²) < 4.78 is 18.5. The van der Waals surface area contributed by atoms with Crippen molar-refractivity contribution in [2.75, 3.05) is 26.2 Å². The van der Waals surface area contributed by atoms with Gasteiger partial charge in [0.2, 0.25) is 17.6 Å². The van der Waals surface area contributed by atoms with Gasteiger partial charge in [-0.2, -0.15) is 4.98 Å². The second-order valence-electron chi connectivity index (χ2n) is 9.12. The van der Waals surface area contributed by atoms with Crippen LogP contribution in [-0.4, -0.2) is 52.0 Å². The van der Waals surface area contributed by atoms with Crippen molar-refractivity contribution >= 4 is 5.91 Å². The minimum absolute atomic E-state index is 0.0390. The third kappa shape index (κ3) is 4.83. The van der Waals surface area contributed by atoms with Crippen molar-refractivity contribution in [2.45, 2.75) is 46.1 Å². The first-order valence-electron chi connectivity index (χ1n) is 10.5. The average molecular weight is 400 g/mol. The van der Waals surface area contributed by atoms with Crippen molar-refractivity contribution in [1.82, 2.24) is 19.9 Å². The summed E-state index contributed by atoms with van der Waals surface area (Å²) in [5.41, 5.74) is 0.934. The molecule has 3 heterocycles. The molecule has 2 saturated heterocycles. The normalized spacial score (nSPS) is 22.6. The molecule has 0 radical (unpaired) electrons. The highest BCUT2D eigenvalue weighted by Gasteiger charge is 2.34. The van der Waals surface area contributed by atoms with E-state index in [1.807, 2.05) is 0 Å². The molecule has 2 aliphatic rings. The summed E-state index contributed by atoms with van der Waals surface area (Å²) in [7, 11) is 0. The molecule has 0 N–H and O–H groups in total. The fourth-order valence-electron chi connectivity index (χ4n) is 4.50. The van der Waals surface area contributed by atoms with E-state index >= 15 is 0 Å². The number of benzene rings is 1. The Morgan fingerprint density at radius 1 is 1.24 bits per heavy atom. The van der Waals surface area contributed by atoms with Crippen LogP contribution in [0.2, 0.25) is 0 Å². The van der Waals surface area contributed by atoms with Crippen LogP contribution in [0.5, 0.6) is 0 Å². The van der Waals surface area contributed by atoms with E-state index in [0.717, 1.165) is 51.0 Å². The van der Waals surface area contributed by atoms with Crippen molar-refractivity contribution in [3.05, 3.63) is 36.0 Å². The van der Waals surface area contributed by atoms with Crippen molar-refractivity contribution < 1.29 is 13.7 Å². The van der Waals surface area contributed by atoms with Gasteiger partial charge in [-0.05, 0) is 61.9 Å². The van der Waals surface area contributed by atoms with Crippen molar-refractivity contribution in [3.8, 4) is 11.4 Å². The van der Waals surface area contributed by atoms with Crippen LogP contribution in [-0.2, 0) is 11.3 Å². The number of amides is 1. The number of halogens is 1. The number of nitrogens with zero attached hydrogens (tertiary/aromatic N) is 4. The van der Waals surface area contributed by atoms with Crippen LogP contribution in [0.25, 0.3) is 11.4 Å². The first kappa shape index (κ1) is 20.0. The van der Waals surface area contributed by atoms with Gasteiger partial charge in [-0.25, -0.2) is 4.39 Å². The fraction of sp³-hybridized carbons (Fsp3) is 0.591. The molecule has 6 nitrogen and oxygen atoms in total. The molecule has 29 heavy (non-hydrogen) atoms. The van der Waals surface area contributed by atoms with Crippen LogP contribution in [0.1, 0.15) is 45.4 Å². The van der Waals surface area contributed by atoms with Crippen molar-refractivity contribution in [2.24, 2.45) is 11.3 Å². The Morgan fingerprint density at radius 3 is 2.79 bits per heavy atom. The Bertz CT molecular complexity index is 849. The van der Waals surface area contributed by atoms with Crippen LogP contribution in [0.3, 0.4) is 0 Å². The Labute approximate surface area is 171 Å². The Hall–Kier alpha value is -2.28. The summed E-state index contributed by atoms with van der Waals surface area (Å²) >= 11 is 0. The molecule has 1 unspecified atom stereocenters. The lowest BCUT2D eigenvalue weighted by Crippen LogP contribution is -2.49. The molecular weight excluding hydrogens is 371 g/mol. The molecule has 1 atom stereocenters. The summed E-state index contributed by atoms with van der Waals surface area (Å²) in [5.74, 6) is 1.02. The lowest BCUT2D eigenvalue weighted by molar-refractivity contribution is -0.140. The molecule has 0 saturated carbocycles. The molecule has 2 fully saturated rings. The molecule has 0 aliphatic carbocycles. The van der Waals surface area contributed by atoms with Crippen molar-refractivity contribution in [3.63, 3.8) is 0 Å². The van der Waals surface area contributed by atoms with E-state index in [2.05, 4.69) is 33.8 Å². The maximum absolute atomic E-state index is 13.1. The number of carbonyl (C=O) groups excluding carboxylic acids is 1. The van der Waals surface area contributed by atoms with Gasteiger partial charge in [-0.15, -0.1) is 0 Å². The molecule has 0 bridgehead atoms. The second kappa shape index (κ2) is 8.22. The zero-order valence-electron chi connectivity index (χ0n) is 17.2. The van der Waals surface area contributed by atoms with E-state index in [-0.39, 0.29) is 17.2 Å². The third-order valence-corrected chi connectivity index (χ3v) is 6.00. The number of aromatic nitrogens is 2. The van der Waals surface area contributed by atoms with E-state index in [1.165, 1.54) is 18.6 Å². The maximum atomic E-state index is 13.1. The number of piperidine rings is 2. The largest absolute Gasteiger partial charge is 0.342 e. The van der Waals surface area contributed by atoms with Gasteiger partial charge < -0.3 is 9.42 Å². The summed E-state index contributed by atoms with van der Waals surface area (Å²) in [5, 5.41) is 4.01. The Kier molecular flexibility index (Phi) is 5.67. The van der Waals surface area contributed by atoms with Gasteiger partial charge in [-0.1, -0.05) is 19.0 Å². The summed E-state index contributed by atoms with van der Waals surface area (Å²) in [4.78, 5) is 21.8. The number of rotatable bonds is 4. The van der Waals surface area contributed by atoms with Gasteiger partial charge in [0.15, 0.2) is 0 Å². The second-order valence-corrected chi connectivity index (χ2v) is 9.12. The zero-order valence-corrected chi connectivity index (χ0v) is 17.2. The molecule has 0 spiro atoms. The standard InChI is InChI=1S/C22H29FN4O2/c1-22(2)10-4-12-27(15-22)21(28)17-5-3-11-26(13-17)14-19-24-20(25-29-19)16-6-8-18(23)9-7-16/h6-9,17H,3-5,10-15H2,1-2H3. The molecule has 2 aromatic rings. The summed E-state index contributed by atoms with van der Waals surface area (Å²) in [6, 6.07) is 6.04. The lowest BCUT2D eigenvalue weighted by atomic mass is 9.83. The highest BCUT2D eigenvalue weighted by molar-refractivity contribution is 5.79. The van der Waals surface area contributed by atoms with Gasteiger partial charge in [0.1, 0.15) is 5.82 Å². The Balaban J connectivity index is 1.36. The van der Waals surface area contributed by atoms with E-state index < -0.39 is 0 Å². The molecule has 1 aromatic carbocycles. The predicted octanol–water partition coefficient (Wildman–Crippen LogP) is 3.74. The Morgan fingerprint density at radius 2 is 2.03 bits per heavy atom. The number of hydrogen-bond donors (Lipinski definition) is 0. The fourth-order valence-corrected chi connectivity index (χ4v) is 4.50. The van der Waals surface area contributed by atoms with E-state index in [1.54, 1.807) is 12.1 Å². The summed E-state index contributed by atoms with van der Waals surface area (Å²) in [6.07, 6.45) is 4.20. The van der Waals surface area contributed by atoms with Gasteiger partial charge in [0.05, 0.1) is 12.5 Å². The summed E-state index contributed by atoms with van der Waals surface area (Å²) in [6.45, 7) is 8.40. The third-order valence-electron chi connectivity index (χ3n) is 6.00. The van der Waals surface area contributed by atoms with Crippen LogP contribution in [0.15, 0.2) is 28.8 Å². The average Bonchev–Trinajstić information content (AvgIpc) is 3.16. The number of carbonyl (C=O) groups is 1. The molecule has 2 aliphatic heterocycles. The van der Waals surface area contributed by atoms with Gasteiger partial charge in [0.25, 0.3) is 0 Å². The van der Waals surface area contributed by atoms with Gasteiger partial charge in [-0.3, -0.25) is 9.69 Å². The number of hydrogen-bond acceptors (Lipinski definition) is 5. The van der Waals surface area contributed by atoms with Crippen LogP contribution in [0.4, 0.5) is 4.39 Å². The molecular formula is C22H29FN4O2. The smallest absolute Gasteiger partial charge is 0.241 e.